The molecule has 0 saturated carbocycles. The first-order valence-electron chi connectivity index (χ1n) is 10.4. The number of aromatic nitrogens is 5. The predicted molar refractivity (Wildman–Crippen MR) is 124 cm³/mol. The van der Waals surface area contributed by atoms with Crippen LogP contribution in [-0.2, 0) is 0 Å². The van der Waals surface area contributed by atoms with Gasteiger partial charge in [-0.05, 0) is 50.1 Å². The van der Waals surface area contributed by atoms with Crippen LogP contribution >= 0.6 is 11.6 Å². The highest BCUT2D eigenvalue weighted by molar-refractivity contribution is 6.30. The largest absolute Gasteiger partial charge is 0.344 e. The maximum atomic E-state index is 13.9. The molecule has 0 saturated heterocycles. The number of anilines is 1. The minimum atomic E-state index is -0.470. The molecule has 1 atom stereocenters. The van der Waals surface area contributed by atoms with E-state index < -0.39 is 6.04 Å². The molecule has 1 aromatic carbocycles. The number of carbonyl (C=O) groups is 2. The van der Waals surface area contributed by atoms with Gasteiger partial charge in [0, 0.05) is 30.9 Å². The molecule has 0 bridgehead atoms. The summed E-state index contributed by atoms with van der Waals surface area (Å²) in [6.45, 7) is 5.61. The molecule has 33 heavy (non-hydrogen) atoms. The van der Waals surface area contributed by atoms with Gasteiger partial charge in [-0.2, -0.15) is 9.78 Å². The molecular weight excluding hydrogens is 442 g/mol. The number of rotatable bonds is 2. The minimum Gasteiger partial charge on any atom is -0.329 e. The van der Waals surface area contributed by atoms with Gasteiger partial charge in [0.1, 0.15) is 11.5 Å². The third-order valence-corrected chi connectivity index (χ3v) is 6.18. The SMILES string of the molecule is Cc1nn(C(=O)N(C)C)c2c1[C@@H](c1ccc(Cl)cc1)N(c1cc(C)c3nnc(C)n3c1)C2=O. The Balaban J connectivity index is 1.77. The number of aryl methyl sites for hydroxylation is 3. The van der Waals surface area contributed by atoms with Gasteiger partial charge < -0.3 is 4.90 Å². The lowest BCUT2D eigenvalue weighted by atomic mass is 9.99. The number of hydrogen-bond donors (Lipinski definition) is 0. The molecule has 168 valence electrons. The third-order valence-electron chi connectivity index (χ3n) is 5.93. The summed E-state index contributed by atoms with van der Waals surface area (Å²) < 4.78 is 3.06. The Labute approximate surface area is 195 Å². The van der Waals surface area contributed by atoms with Gasteiger partial charge >= 0.3 is 6.03 Å². The van der Waals surface area contributed by atoms with Gasteiger partial charge in [-0.3, -0.25) is 14.1 Å². The molecule has 9 nitrogen and oxygen atoms in total. The summed E-state index contributed by atoms with van der Waals surface area (Å²) >= 11 is 6.14. The zero-order valence-corrected chi connectivity index (χ0v) is 19.6. The molecular formula is C23H22ClN7O2. The minimum absolute atomic E-state index is 0.268. The van der Waals surface area contributed by atoms with E-state index in [4.69, 9.17) is 11.6 Å². The summed E-state index contributed by atoms with van der Waals surface area (Å²) in [5.74, 6) is 0.414. The van der Waals surface area contributed by atoms with Gasteiger partial charge in [0.15, 0.2) is 5.65 Å². The van der Waals surface area contributed by atoms with Crippen molar-refractivity contribution in [3.8, 4) is 0 Å². The number of halogens is 1. The normalized spacial score (nSPS) is 15.4. The van der Waals surface area contributed by atoms with Crippen LogP contribution in [-0.4, -0.2) is 55.3 Å². The fraction of sp³-hybridized carbons (Fsp3) is 0.261. The lowest BCUT2D eigenvalue weighted by Crippen LogP contribution is -2.34. The van der Waals surface area contributed by atoms with Crippen LogP contribution in [0.4, 0.5) is 10.5 Å². The van der Waals surface area contributed by atoms with E-state index in [0.29, 0.717) is 27.8 Å². The van der Waals surface area contributed by atoms with Crippen molar-refractivity contribution in [2.75, 3.05) is 19.0 Å². The molecule has 0 spiro atoms. The first kappa shape index (κ1) is 21.1. The molecule has 4 heterocycles. The van der Waals surface area contributed by atoms with Crippen molar-refractivity contribution in [3.05, 3.63) is 75.5 Å². The molecule has 0 unspecified atom stereocenters. The highest BCUT2D eigenvalue weighted by Gasteiger charge is 2.45. The van der Waals surface area contributed by atoms with Crippen molar-refractivity contribution in [3.63, 3.8) is 0 Å². The monoisotopic (exact) mass is 463 g/mol. The number of amides is 2. The zero-order chi connectivity index (χ0) is 23.6. The smallest absolute Gasteiger partial charge is 0.329 e. The summed E-state index contributed by atoms with van der Waals surface area (Å²) in [5.41, 5.74) is 4.74. The van der Waals surface area contributed by atoms with E-state index in [9.17, 15) is 9.59 Å². The molecule has 1 aliphatic rings. The topological polar surface area (TPSA) is 88.6 Å². The van der Waals surface area contributed by atoms with Crippen LogP contribution in [0.2, 0.25) is 5.02 Å². The van der Waals surface area contributed by atoms with Crippen LogP contribution in [0.3, 0.4) is 0 Å². The van der Waals surface area contributed by atoms with Crippen molar-refractivity contribution in [2.24, 2.45) is 0 Å². The molecule has 0 fully saturated rings. The number of carbonyl (C=O) groups excluding carboxylic acids is 2. The molecule has 5 rings (SSSR count). The number of pyridine rings is 1. The number of nitrogens with zero attached hydrogens (tertiary/aromatic N) is 7. The van der Waals surface area contributed by atoms with Crippen LogP contribution in [0.1, 0.15) is 44.7 Å². The van der Waals surface area contributed by atoms with E-state index in [1.165, 1.54) is 9.58 Å². The van der Waals surface area contributed by atoms with E-state index in [1.807, 2.05) is 49.6 Å². The second kappa shape index (κ2) is 7.41. The molecule has 2 amide bonds. The lowest BCUT2D eigenvalue weighted by molar-refractivity contribution is 0.0983. The van der Waals surface area contributed by atoms with Crippen molar-refractivity contribution in [1.82, 2.24) is 29.3 Å². The van der Waals surface area contributed by atoms with Gasteiger partial charge in [0.2, 0.25) is 0 Å². The zero-order valence-electron chi connectivity index (χ0n) is 18.9. The average Bonchev–Trinajstić information content (AvgIpc) is 3.41. The van der Waals surface area contributed by atoms with Gasteiger partial charge in [0.05, 0.1) is 17.4 Å². The van der Waals surface area contributed by atoms with Crippen molar-refractivity contribution < 1.29 is 9.59 Å². The molecule has 0 radical (unpaired) electrons. The van der Waals surface area contributed by atoms with Crippen molar-refractivity contribution in [2.45, 2.75) is 26.8 Å². The van der Waals surface area contributed by atoms with Crippen molar-refractivity contribution >= 4 is 34.9 Å². The van der Waals surface area contributed by atoms with Crippen molar-refractivity contribution in [1.29, 1.82) is 0 Å². The highest BCUT2D eigenvalue weighted by Crippen LogP contribution is 2.43. The Morgan fingerprint density at radius 2 is 1.79 bits per heavy atom. The van der Waals surface area contributed by atoms with Gasteiger partial charge in [-0.25, -0.2) is 4.79 Å². The summed E-state index contributed by atoms with van der Waals surface area (Å²) in [4.78, 5) is 29.9. The third kappa shape index (κ3) is 3.11. The fourth-order valence-corrected chi connectivity index (χ4v) is 4.49. The second-order valence-corrected chi connectivity index (χ2v) is 8.82. The number of benzene rings is 1. The second-order valence-electron chi connectivity index (χ2n) is 8.39. The van der Waals surface area contributed by atoms with E-state index in [-0.39, 0.29) is 17.6 Å². The highest BCUT2D eigenvalue weighted by atomic mass is 35.5. The Morgan fingerprint density at radius 3 is 2.45 bits per heavy atom. The van der Waals surface area contributed by atoms with Crippen LogP contribution in [0.15, 0.2) is 36.5 Å². The number of fused-ring (bicyclic) bond motifs is 2. The van der Waals surface area contributed by atoms with Crippen LogP contribution in [0.25, 0.3) is 5.65 Å². The van der Waals surface area contributed by atoms with E-state index in [0.717, 1.165) is 16.8 Å². The summed E-state index contributed by atoms with van der Waals surface area (Å²) in [6, 6.07) is 8.43. The average molecular weight is 464 g/mol. The van der Waals surface area contributed by atoms with Gasteiger partial charge in [-0.1, -0.05) is 23.7 Å². The van der Waals surface area contributed by atoms with Crippen LogP contribution in [0.5, 0.6) is 0 Å². The molecule has 3 aromatic heterocycles. The Hall–Kier alpha value is -3.72. The molecule has 0 N–H and O–H groups in total. The molecule has 10 heteroatoms. The Kier molecular flexibility index (Phi) is 4.75. The predicted octanol–water partition coefficient (Wildman–Crippen LogP) is 3.78. The summed E-state index contributed by atoms with van der Waals surface area (Å²) in [7, 11) is 3.26. The first-order valence-corrected chi connectivity index (χ1v) is 10.8. The van der Waals surface area contributed by atoms with Gasteiger partial charge in [-0.15, -0.1) is 10.2 Å². The number of hydrogen-bond acceptors (Lipinski definition) is 5. The first-order chi connectivity index (χ1) is 15.7. The Bertz CT molecular complexity index is 1440. The molecule has 0 aliphatic carbocycles. The standard InChI is InChI=1S/C23H22ClN7O2/c1-12-10-17(11-29-14(3)25-26-21(12)29)30-19(15-6-8-16(24)9-7-15)18-13(2)27-31(20(18)22(30)32)23(33)28(4)5/h6-11,19H,1-5H3/t19-/m1/s1. The quantitative estimate of drug-likeness (QED) is 0.451. The Morgan fingerprint density at radius 1 is 1.09 bits per heavy atom. The van der Waals surface area contributed by atoms with E-state index in [2.05, 4.69) is 15.3 Å². The maximum Gasteiger partial charge on any atom is 0.344 e. The van der Waals surface area contributed by atoms with Crippen LogP contribution in [0, 0.1) is 20.8 Å². The fourth-order valence-electron chi connectivity index (χ4n) is 4.37. The summed E-state index contributed by atoms with van der Waals surface area (Å²) in [5, 5.41) is 13.4. The van der Waals surface area contributed by atoms with Crippen LogP contribution < -0.4 is 4.90 Å². The lowest BCUT2D eigenvalue weighted by Gasteiger charge is -2.27. The van der Waals surface area contributed by atoms with E-state index >= 15 is 0 Å². The summed E-state index contributed by atoms with van der Waals surface area (Å²) in [6.07, 6.45) is 1.85. The van der Waals surface area contributed by atoms with Gasteiger partial charge in [0.25, 0.3) is 5.91 Å². The maximum absolute atomic E-state index is 13.9. The molecule has 4 aromatic rings. The van der Waals surface area contributed by atoms with E-state index in [1.54, 1.807) is 31.1 Å². The molecule has 1 aliphatic heterocycles.